The lowest BCUT2D eigenvalue weighted by Crippen LogP contribution is -2.29. The highest BCUT2D eigenvalue weighted by molar-refractivity contribution is 5.87. The zero-order valence-corrected chi connectivity index (χ0v) is 12.4. The molecule has 0 rings (SSSR count). The van der Waals surface area contributed by atoms with Crippen LogP contribution in [0, 0.1) is 0 Å². The largest absolute Gasteiger partial charge is 0.455 e. The van der Waals surface area contributed by atoms with E-state index in [2.05, 4.69) is 6.58 Å². The molecule has 0 amide bonds. The summed E-state index contributed by atoms with van der Waals surface area (Å²) in [7, 11) is 0. The average Bonchev–Trinajstić information content (AvgIpc) is 2.38. The molecular weight excluding hydrogens is 238 g/mol. The SMILES string of the molecule is C=C/C=C\C(=C/C)C/C=C(/N)C(=O)OC(C)(C)CC. The maximum atomic E-state index is 11.8. The van der Waals surface area contributed by atoms with E-state index in [1.165, 1.54) is 0 Å². The smallest absolute Gasteiger partial charge is 0.354 e. The van der Waals surface area contributed by atoms with Crippen molar-refractivity contribution in [1.29, 1.82) is 0 Å². The van der Waals surface area contributed by atoms with E-state index in [9.17, 15) is 4.79 Å². The first-order chi connectivity index (χ1) is 8.86. The fourth-order valence-corrected chi connectivity index (χ4v) is 1.17. The summed E-state index contributed by atoms with van der Waals surface area (Å²) in [6, 6.07) is 0. The summed E-state index contributed by atoms with van der Waals surface area (Å²) in [4.78, 5) is 11.8. The summed E-state index contributed by atoms with van der Waals surface area (Å²) in [5, 5.41) is 0. The molecule has 2 N–H and O–H groups in total. The summed E-state index contributed by atoms with van der Waals surface area (Å²) < 4.78 is 5.31. The lowest BCUT2D eigenvalue weighted by atomic mass is 10.1. The number of rotatable bonds is 7. The highest BCUT2D eigenvalue weighted by Crippen LogP contribution is 2.15. The molecule has 0 aromatic heterocycles. The molecule has 19 heavy (non-hydrogen) atoms. The van der Waals surface area contributed by atoms with Crippen LogP contribution in [0.3, 0.4) is 0 Å². The molecule has 0 aromatic carbocycles. The number of carbonyl (C=O) groups excluding carboxylic acids is 1. The number of hydrogen-bond acceptors (Lipinski definition) is 3. The molecular formula is C16H25NO2. The van der Waals surface area contributed by atoms with Crippen LogP contribution in [-0.4, -0.2) is 11.6 Å². The van der Waals surface area contributed by atoms with Crippen LogP contribution >= 0.6 is 0 Å². The van der Waals surface area contributed by atoms with Crippen LogP contribution in [-0.2, 0) is 9.53 Å². The van der Waals surface area contributed by atoms with Gasteiger partial charge in [0.05, 0.1) is 0 Å². The molecule has 0 unspecified atom stereocenters. The number of ether oxygens (including phenoxy) is 1. The van der Waals surface area contributed by atoms with Gasteiger partial charge in [0.15, 0.2) is 0 Å². The van der Waals surface area contributed by atoms with Gasteiger partial charge in [-0.05, 0) is 45.3 Å². The van der Waals surface area contributed by atoms with Gasteiger partial charge in [0.25, 0.3) is 0 Å². The Bertz CT molecular complexity index is 401. The average molecular weight is 263 g/mol. The Morgan fingerprint density at radius 2 is 2.05 bits per heavy atom. The summed E-state index contributed by atoms with van der Waals surface area (Å²) in [5.41, 5.74) is 6.45. The predicted molar refractivity (Wildman–Crippen MR) is 80.4 cm³/mol. The third-order valence-electron chi connectivity index (χ3n) is 2.83. The van der Waals surface area contributed by atoms with Crippen molar-refractivity contribution >= 4 is 5.97 Å². The Balaban J connectivity index is 4.60. The van der Waals surface area contributed by atoms with Gasteiger partial charge in [0.2, 0.25) is 0 Å². The van der Waals surface area contributed by atoms with Crippen molar-refractivity contribution in [3.05, 3.63) is 48.2 Å². The minimum absolute atomic E-state index is 0.146. The molecule has 0 spiro atoms. The molecule has 0 saturated heterocycles. The molecule has 3 nitrogen and oxygen atoms in total. The van der Waals surface area contributed by atoms with Crippen molar-refractivity contribution in [2.24, 2.45) is 5.73 Å². The fourth-order valence-electron chi connectivity index (χ4n) is 1.17. The Morgan fingerprint density at radius 3 is 2.53 bits per heavy atom. The third-order valence-corrected chi connectivity index (χ3v) is 2.83. The fraction of sp³-hybridized carbons (Fsp3) is 0.438. The van der Waals surface area contributed by atoms with Crippen LogP contribution in [0.1, 0.15) is 40.5 Å². The van der Waals surface area contributed by atoms with Gasteiger partial charge < -0.3 is 10.5 Å². The first-order valence-corrected chi connectivity index (χ1v) is 6.49. The van der Waals surface area contributed by atoms with Crippen molar-refractivity contribution in [1.82, 2.24) is 0 Å². The maximum Gasteiger partial charge on any atom is 0.354 e. The van der Waals surface area contributed by atoms with E-state index in [1.54, 1.807) is 12.2 Å². The van der Waals surface area contributed by atoms with Gasteiger partial charge in [0.1, 0.15) is 11.3 Å². The van der Waals surface area contributed by atoms with Crippen molar-refractivity contribution in [2.45, 2.75) is 46.1 Å². The van der Waals surface area contributed by atoms with Crippen LogP contribution in [0.15, 0.2) is 48.2 Å². The van der Waals surface area contributed by atoms with Crippen molar-refractivity contribution in [3.8, 4) is 0 Å². The Labute approximate surface area is 116 Å². The number of carbonyl (C=O) groups is 1. The summed E-state index contributed by atoms with van der Waals surface area (Å²) >= 11 is 0. The molecule has 0 heterocycles. The maximum absolute atomic E-state index is 11.8. The van der Waals surface area contributed by atoms with Gasteiger partial charge in [-0.3, -0.25) is 0 Å². The second-order valence-corrected chi connectivity index (χ2v) is 4.82. The van der Waals surface area contributed by atoms with E-state index in [1.807, 2.05) is 45.9 Å². The van der Waals surface area contributed by atoms with Crippen molar-refractivity contribution < 1.29 is 9.53 Å². The van der Waals surface area contributed by atoms with Crippen LogP contribution in [0.5, 0.6) is 0 Å². The predicted octanol–water partition coefficient (Wildman–Crippen LogP) is 3.64. The van der Waals surface area contributed by atoms with E-state index in [0.29, 0.717) is 6.42 Å². The molecule has 0 atom stereocenters. The third kappa shape index (κ3) is 7.29. The normalized spacial score (nSPS) is 13.7. The zero-order valence-electron chi connectivity index (χ0n) is 12.4. The first-order valence-electron chi connectivity index (χ1n) is 6.49. The number of esters is 1. The number of nitrogens with two attached hydrogens (primary N) is 1. The summed E-state index contributed by atoms with van der Waals surface area (Å²) in [6.45, 7) is 11.2. The van der Waals surface area contributed by atoms with Crippen LogP contribution in [0.4, 0.5) is 0 Å². The van der Waals surface area contributed by atoms with Gasteiger partial charge in [-0.2, -0.15) is 0 Å². The standard InChI is InChI=1S/C16H25NO2/c1-6-9-10-13(7-2)11-12-14(17)15(18)19-16(4,5)8-3/h6-7,9-10,12H,1,8,11,17H2,2-5H3/b10-9-,13-7+,14-12+. The minimum Gasteiger partial charge on any atom is -0.455 e. The summed E-state index contributed by atoms with van der Waals surface area (Å²) in [6.07, 6.45) is 10.5. The van der Waals surface area contributed by atoms with Crippen LogP contribution in [0.2, 0.25) is 0 Å². The number of hydrogen-bond donors (Lipinski definition) is 1. The van der Waals surface area contributed by atoms with Crippen LogP contribution in [0.25, 0.3) is 0 Å². The quantitative estimate of drug-likeness (QED) is 0.433. The lowest BCUT2D eigenvalue weighted by Gasteiger charge is -2.23. The molecule has 0 radical (unpaired) electrons. The van der Waals surface area contributed by atoms with Gasteiger partial charge in [0, 0.05) is 0 Å². The molecule has 0 aliphatic rings. The second kappa shape index (κ2) is 8.35. The monoisotopic (exact) mass is 263 g/mol. The molecule has 0 fully saturated rings. The Morgan fingerprint density at radius 1 is 1.42 bits per heavy atom. The zero-order chi connectivity index (χ0) is 14.9. The highest BCUT2D eigenvalue weighted by atomic mass is 16.6. The Kier molecular flexibility index (Phi) is 7.57. The van der Waals surface area contributed by atoms with Crippen molar-refractivity contribution in [2.75, 3.05) is 0 Å². The second-order valence-electron chi connectivity index (χ2n) is 4.82. The lowest BCUT2D eigenvalue weighted by molar-refractivity contribution is -0.151. The molecule has 0 aliphatic heterocycles. The van der Waals surface area contributed by atoms with E-state index in [-0.39, 0.29) is 5.70 Å². The van der Waals surface area contributed by atoms with Gasteiger partial charge in [-0.25, -0.2) is 4.79 Å². The minimum atomic E-state index is -0.484. The van der Waals surface area contributed by atoms with E-state index in [0.717, 1.165) is 12.0 Å². The molecule has 0 saturated carbocycles. The molecule has 0 aromatic rings. The molecule has 0 bridgehead atoms. The number of allylic oxidation sites excluding steroid dienone is 6. The molecule has 0 aliphatic carbocycles. The Hall–Kier alpha value is -1.77. The highest BCUT2D eigenvalue weighted by Gasteiger charge is 2.21. The van der Waals surface area contributed by atoms with Crippen molar-refractivity contribution in [3.63, 3.8) is 0 Å². The molecule has 106 valence electrons. The summed E-state index contributed by atoms with van der Waals surface area (Å²) in [5.74, 6) is -0.463. The van der Waals surface area contributed by atoms with E-state index in [4.69, 9.17) is 10.5 Å². The van der Waals surface area contributed by atoms with Gasteiger partial charge in [-0.15, -0.1) is 0 Å². The van der Waals surface area contributed by atoms with Gasteiger partial charge >= 0.3 is 5.97 Å². The van der Waals surface area contributed by atoms with Gasteiger partial charge in [-0.1, -0.05) is 37.8 Å². The van der Waals surface area contributed by atoms with E-state index >= 15 is 0 Å². The van der Waals surface area contributed by atoms with E-state index < -0.39 is 11.6 Å². The topological polar surface area (TPSA) is 52.3 Å². The molecule has 3 heteroatoms. The first kappa shape index (κ1) is 17.2. The van der Waals surface area contributed by atoms with Crippen LogP contribution < -0.4 is 5.73 Å².